The number of nitrogens with two attached hydrogens (primary N) is 1. The molecule has 3 heteroatoms. The lowest BCUT2D eigenvalue weighted by molar-refractivity contribution is -0.142. The summed E-state index contributed by atoms with van der Waals surface area (Å²) in [6.07, 6.45) is 0.654. The topological polar surface area (TPSA) is 44.5 Å². The Kier molecular flexibility index (Phi) is 6.86. The standard InChI is InChI=1S/C14H23NO2/c1-3-16-14(17-4-2)10-13(11-15)12-8-6-5-7-9-12/h5-9,13-14H,3-4,10-11,15H2,1-2H3/t13-/m1/s1. The Bertz CT molecular complexity index is 284. The molecule has 1 aromatic carbocycles. The van der Waals surface area contributed by atoms with Crippen LogP contribution in [-0.4, -0.2) is 26.0 Å². The van der Waals surface area contributed by atoms with Gasteiger partial charge < -0.3 is 15.2 Å². The molecule has 0 heterocycles. The third-order valence-corrected chi connectivity index (χ3v) is 2.74. The Hall–Kier alpha value is -0.900. The summed E-state index contributed by atoms with van der Waals surface area (Å²) in [5.74, 6) is 0.291. The fourth-order valence-corrected chi connectivity index (χ4v) is 1.88. The zero-order valence-electron chi connectivity index (χ0n) is 10.8. The molecule has 96 valence electrons. The zero-order chi connectivity index (χ0) is 12.5. The summed E-state index contributed by atoms with van der Waals surface area (Å²) in [6, 6.07) is 10.3. The van der Waals surface area contributed by atoms with E-state index in [0.717, 1.165) is 6.42 Å². The van der Waals surface area contributed by atoms with Crippen LogP contribution >= 0.6 is 0 Å². The number of benzene rings is 1. The monoisotopic (exact) mass is 237 g/mol. The van der Waals surface area contributed by atoms with Crippen LogP contribution in [0.2, 0.25) is 0 Å². The van der Waals surface area contributed by atoms with Gasteiger partial charge in [-0.2, -0.15) is 0 Å². The van der Waals surface area contributed by atoms with Crippen molar-refractivity contribution in [2.75, 3.05) is 19.8 Å². The van der Waals surface area contributed by atoms with Crippen LogP contribution < -0.4 is 5.73 Å². The van der Waals surface area contributed by atoms with Gasteiger partial charge in [0.2, 0.25) is 0 Å². The van der Waals surface area contributed by atoms with Crippen LogP contribution in [0.3, 0.4) is 0 Å². The smallest absolute Gasteiger partial charge is 0.158 e. The zero-order valence-corrected chi connectivity index (χ0v) is 10.8. The van der Waals surface area contributed by atoms with E-state index in [0.29, 0.717) is 25.7 Å². The van der Waals surface area contributed by atoms with Gasteiger partial charge >= 0.3 is 0 Å². The van der Waals surface area contributed by atoms with Gasteiger partial charge in [-0.3, -0.25) is 0 Å². The Morgan fingerprint density at radius 3 is 2.12 bits per heavy atom. The van der Waals surface area contributed by atoms with Crippen molar-refractivity contribution in [1.82, 2.24) is 0 Å². The van der Waals surface area contributed by atoms with Gasteiger partial charge in [-0.05, 0) is 26.0 Å². The predicted octanol–water partition coefficient (Wildman–Crippen LogP) is 2.52. The summed E-state index contributed by atoms with van der Waals surface area (Å²) >= 11 is 0. The molecule has 2 N–H and O–H groups in total. The maximum atomic E-state index is 5.83. The highest BCUT2D eigenvalue weighted by Gasteiger charge is 2.17. The summed E-state index contributed by atoms with van der Waals surface area (Å²) in [5, 5.41) is 0. The summed E-state index contributed by atoms with van der Waals surface area (Å²) in [5.41, 5.74) is 7.08. The molecule has 0 saturated carbocycles. The molecule has 0 aliphatic rings. The fraction of sp³-hybridized carbons (Fsp3) is 0.571. The minimum absolute atomic E-state index is 0.154. The average Bonchev–Trinajstić information content (AvgIpc) is 2.37. The highest BCUT2D eigenvalue weighted by atomic mass is 16.7. The molecule has 0 fully saturated rings. The summed E-state index contributed by atoms with van der Waals surface area (Å²) < 4.78 is 11.1. The Labute approximate surface area is 104 Å². The van der Waals surface area contributed by atoms with Crippen molar-refractivity contribution in [3.63, 3.8) is 0 Å². The lowest BCUT2D eigenvalue weighted by Crippen LogP contribution is -2.24. The van der Waals surface area contributed by atoms with Crippen LogP contribution in [-0.2, 0) is 9.47 Å². The summed E-state index contributed by atoms with van der Waals surface area (Å²) in [6.45, 7) is 5.89. The third-order valence-electron chi connectivity index (χ3n) is 2.74. The molecule has 3 nitrogen and oxygen atoms in total. The van der Waals surface area contributed by atoms with E-state index < -0.39 is 0 Å². The van der Waals surface area contributed by atoms with Crippen molar-refractivity contribution in [3.05, 3.63) is 35.9 Å². The van der Waals surface area contributed by atoms with Gasteiger partial charge in [0, 0.05) is 25.6 Å². The van der Waals surface area contributed by atoms with E-state index in [2.05, 4.69) is 12.1 Å². The van der Waals surface area contributed by atoms with Crippen LogP contribution in [0.25, 0.3) is 0 Å². The second-order valence-electron chi connectivity index (χ2n) is 3.92. The first kappa shape index (κ1) is 14.2. The second-order valence-corrected chi connectivity index (χ2v) is 3.92. The molecular weight excluding hydrogens is 214 g/mol. The van der Waals surface area contributed by atoms with Crippen LogP contribution in [0.1, 0.15) is 31.7 Å². The van der Waals surface area contributed by atoms with Gasteiger partial charge in [-0.15, -0.1) is 0 Å². The number of rotatable bonds is 8. The molecule has 0 amide bonds. The molecule has 1 aromatic rings. The first-order chi connectivity index (χ1) is 8.31. The van der Waals surface area contributed by atoms with Gasteiger partial charge in [0.25, 0.3) is 0 Å². The minimum Gasteiger partial charge on any atom is -0.353 e. The van der Waals surface area contributed by atoms with E-state index in [1.807, 2.05) is 32.0 Å². The molecular formula is C14H23NO2. The maximum absolute atomic E-state index is 5.83. The summed E-state index contributed by atoms with van der Waals surface area (Å²) in [7, 11) is 0. The van der Waals surface area contributed by atoms with Crippen molar-refractivity contribution in [2.45, 2.75) is 32.5 Å². The van der Waals surface area contributed by atoms with E-state index in [1.165, 1.54) is 5.56 Å². The molecule has 0 spiro atoms. The van der Waals surface area contributed by atoms with E-state index in [-0.39, 0.29) is 6.29 Å². The molecule has 1 rings (SSSR count). The number of ether oxygens (including phenoxy) is 2. The number of hydrogen-bond acceptors (Lipinski definition) is 3. The molecule has 1 atom stereocenters. The van der Waals surface area contributed by atoms with Gasteiger partial charge in [0.05, 0.1) is 0 Å². The molecule has 0 aromatic heterocycles. The fourth-order valence-electron chi connectivity index (χ4n) is 1.88. The highest BCUT2D eigenvalue weighted by Crippen LogP contribution is 2.21. The molecule has 17 heavy (non-hydrogen) atoms. The average molecular weight is 237 g/mol. The van der Waals surface area contributed by atoms with E-state index >= 15 is 0 Å². The van der Waals surface area contributed by atoms with Gasteiger partial charge in [0.1, 0.15) is 0 Å². The maximum Gasteiger partial charge on any atom is 0.158 e. The Morgan fingerprint density at radius 1 is 1.06 bits per heavy atom. The normalized spacial score (nSPS) is 12.9. The van der Waals surface area contributed by atoms with Crippen LogP contribution in [0.15, 0.2) is 30.3 Å². The van der Waals surface area contributed by atoms with Crippen molar-refractivity contribution >= 4 is 0 Å². The Balaban J connectivity index is 2.61. The highest BCUT2D eigenvalue weighted by molar-refractivity contribution is 5.19. The molecule has 0 radical (unpaired) electrons. The van der Waals surface area contributed by atoms with E-state index in [4.69, 9.17) is 15.2 Å². The van der Waals surface area contributed by atoms with Crippen molar-refractivity contribution in [2.24, 2.45) is 5.73 Å². The van der Waals surface area contributed by atoms with Gasteiger partial charge in [0.15, 0.2) is 6.29 Å². The van der Waals surface area contributed by atoms with Gasteiger partial charge in [-0.25, -0.2) is 0 Å². The quantitative estimate of drug-likeness (QED) is 0.707. The van der Waals surface area contributed by atoms with Crippen LogP contribution in [0.4, 0.5) is 0 Å². The van der Waals surface area contributed by atoms with Crippen molar-refractivity contribution < 1.29 is 9.47 Å². The predicted molar refractivity (Wildman–Crippen MR) is 69.9 cm³/mol. The minimum atomic E-state index is -0.154. The number of hydrogen-bond donors (Lipinski definition) is 1. The van der Waals surface area contributed by atoms with Crippen molar-refractivity contribution in [1.29, 1.82) is 0 Å². The molecule has 0 unspecified atom stereocenters. The largest absolute Gasteiger partial charge is 0.353 e. The van der Waals surface area contributed by atoms with Crippen LogP contribution in [0, 0.1) is 0 Å². The van der Waals surface area contributed by atoms with Gasteiger partial charge in [-0.1, -0.05) is 30.3 Å². The summed E-state index contributed by atoms with van der Waals surface area (Å²) in [4.78, 5) is 0. The third kappa shape index (κ3) is 4.86. The lowest BCUT2D eigenvalue weighted by Gasteiger charge is -2.22. The molecule has 0 aliphatic heterocycles. The molecule has 0 bridgehead atoms. The lowest BCUT2D eigenvalue weighted by atomic mass is 9.95. The molecule has 0 aliphatic carbocycles. The van der Waals surface area contributed by atoms with Crippen LogP contribution in [0.5, 0.6) is 0 Å². The van der Waals surface area contributed by atoms with E-state index in [9.17, 15) is 0 Å². The van der Waals surface area contributed by atoms with E-state index in [1.54, 1.807) is 0 Å². The first-order valence-electron chi connectivity index (χ1n) is 6.30. The SMILES string of the molecule is CCOC(C[C@H](CN)c1ccccc1)OCC. The van der Waals surface area contributed by atoms with Crippen molar-refractivity contribution in [3.8, 4) is 0 Å². The first-order valence-corrected chi connectivity index (χ1v) is 6.30. The second kappa shape index (κ2) is 8.23. The Morgan fingerprint density at radius 2 is 1.65 bits per heavy atom. The molecule has 0 saturated heterocycles.